The molecule has 0 nitrogen and oxygen atoms in total. The van der Waals surface area contributed by atoms with Crippen LogP contribution in [0, 0.1) is 0 Å². The van der Waals surface area contributed by atoms with Crippen molar-refractivity contribution in [2.24, 2.45) is 0 Å². The zero-order valence-electron chi connectivity index (χ0n) is 8.12. The lowest BCUT2D eigenvalue weighted by molar-refractivity contribution is 0.709. The van der Waals surface area contributed by atoms with E-state index in [4.69, 9.17) is 0 Å². The van der Waals surface area contributed by atoms with Gasteiger partial charge in [0, 0.05) is 0 Å². The van der Waals surface area contributed by atoms with E-state index in [1.54, 1.807) is 0 Å². The van der Waals surface area contributed by atoms with Crippen LogP contribution in [0.5, 0.6) is 0 Å². The first-order valence-electron chi connectivity index (χ1n) is 4.87. The first-order valence-corrected chi connectivity index (χ1v) is 7.37. The van der Waals surface area contributed by atoms with E-state index < -0.39 is 8.41 Å². The quantitative estimate of drug-likeness (QED) is 0.421. The summed E-state index contributed by atoms with van der Waals surface area (Å²) in [6, 6.07) is 2.65. The zero-order chi connectivity index (χ0) is 8.74. The highest BCUT2D eigenvalue weighted by Crippen LogP contribution is 2.26. The Labute approximate surface area is 71.4 Å². The third-order valence-corrected chi connectivity index (χ3v) is 6.28. The van der Waals surface area contributed by atoms with E-state index in [1.165, 1.54) is 0 Å². The van der Waals surface area contributed by atoms with Gasteiger partial charge in [0.1, 0.15) is 0 Å². The van der Waals surface area contributed by atoms with E-state index in [0.717, 1.165) is 37.4 Å². The van der Waals surface area contributed by atoms with Crippen molar-refractivity contribution in [1.29, 1.82) is 0 Å². The van der Waals surface area contributed by atoms with Gasteiger partial charge in [-0.2, -0.15) is 0 Å². The lowest BCUT2D eigenvalue weighted by Crippen LogP contribution is -2.27. The van der Waals surface area contributed by atoms with Gasteiger partial charge in [-0.3, -0.25) is 0 Å². The molecule has 0 unspecified atom stereocenters. The maximum atomic E-state index is 13.9. The number of halogens is 1. The van der Waals surface area contributed by atoms with Crippen molar-refractivity contribution >= 4 is 8.41 Å². The highest BCUT2D eigenvalue weighted by molar-refractivity contribution is 6.73. The van der Waals surface area contributed by atoms with Crippen LogP contribution in [0.15, 0.2) is 0 Å². The lowest BCUT2D eigenvalue weighted by atomic mass is 10.6. The largest absolute Gasteiger partial charge is 0.314 e. The van der Waals surface area contributed by atoms with Gasteiger partial charge < -0.3 is 4.11 Å². The molecule has 2 heteroatoms. The van der Waals surface area contributed by atoms with Crippen LogP contribution in [0.2, 0.25) is 18.1 Å². The summed E-state index contributed by atoms with van der Waals surface area (Å²) in [6.45, 7) is 6.27. The summed E-state index contributed by atoms with van der Waals surface area (Å²) in [5.41, 5.74) is 0. The summed E-state index contributed by atoms with van der Waals surface area (Å²) >= 11 is 0. The van der Waals surface area contributed by atoms with E-state index in [2.05, 4.69) is 20.8 Å². The molecule has 0 aromatic rings. The van der Waals surface area contributed by atoms with Crippen LogP contribution in [-0.4, -0.2) is 8.41 Å². The van der Waals surface area contributed by atoms with Gasteiger partial charge >= 0.3 is 0 Å². The summed E-state index contributed by atoms with van der Waals surface area (Å²) < 4.78 is 13.9. The zero-order valence-corrected chi connectivity index (χ0v) is 9.12. The second kappa shape index (κ2) is 5.75. The maximum Gasteiger partial charge on any atom is 0.247 e. The Balaban J connectivity index is 3.79. The molecule has 0 N–H and O–H groups in total. The minimum atomic E-state index is -2.25. The number of hydrogen-bond acceptors (Lipinski definition) is 0. The topological polar surface area (TPSA) is 0 Å². The van der Waals surface area contributed by atoms with Crippen molar-refractivity contribution in [1.82, 2.24) is 0 Å². The standard InChI is InChI=1S/C9H21FSi/c1-4-7-11(10,8-5-2)9-6-3/h4-9H2,1-3H3. The van der Waals surface area contributed by atoms with Crippen molar-refractivity contribution in [3.05, 3.63) is 0 Å². The molecule has 11 heavy (non-hydrogen) atoms. The predicted octanol–water partition coefficient (Wildman–Crippen LogP) is 4.13. The molecule has 0 aromatic heterocycles. The third-order valence-electron chi connectivity index (χ3n) is 2.09. The smallest absolute Gasteiger partial charge is 0.247 e. The van der Waals surface area contributed by atoms with E-state index in [-0.39, 0.29) is 0 Å². The average molecular weight is 176 g/mol. The van der Waals surface area contributed by atoms with Gasteiger partial charge in [0.2, 0.25) is 8.41 Å². The van der Waals surface area contributed by atoms with Gasteiger partial charge in [0.25, 0.3) is 0 Å². The first kappa shape index (κ1) is 11.1. The molecule has 68 valence electrons. The molecule has 0 aliphatic heterocycles. The third kappa shape index (κ3) is 4.56. The second-order valence-corrected chi connectivity index (χ2v) is 7.20. The highest BCUT2D eigenvalue weighted by atomic mass is 28.4. The molecule has 0 aromatic carbocycles. The van der Waals surface area contributed by atoms with Gasteiger partial charge in [-0.15, -0.1) is 0 Å². The van der Waals surface area contributed by atoms with Crippen molar-refractivity contribution < 1.29 is 4.11 Å². The minimum Gasteiger partial charge on any atom is -0.314 e. The Morgan fingerprint density at radius 2 is 1.09 bits per heavy atom. The molecule has 0 aliphatic rings. The van der Waals surface area contributed by atoms with Crippen LogP contribution in [0.1, 0.15) is 40.0 Å². The summed E-state index contributed by atoms with van der Waals surface area (Å²) in [5.74, 6) is 0. The predicted molar refractivity (Wildman–Crippen MR) is 52.2 cm³/mol. The first-order chi connectivity index (χ1) is 5.18. The molecule has 0 saturated heterocycles. The summed E-state index contributed by atoms with van der Waals surface area (Å²) in [5, 5.41) is 0. The molecule has 0 amide bonds. The van der Waals surface area contributed by atoms with Crippen LogP contribution in [0.4, 0.5) is 4.11 Å². The Kier molecular flexibility index (Phi) is 5.83. The Morgan fingerprint density at radius 3 is 1.27 bits per heavy atom. The molecule has 0 rings (SSSR count). The second-order valence-electron chi connectivity index (χ2n) is 3.40. The fourth-order valence-corrected chi connectivity index (χ4v) is 5.16. The Morgan fingerprint density at radius 1 is 0.818 bits per heavy atom. The molecular formula is C9H21FSi. The number of hydrogen-bond donors (Lipinski definition) is 0. The van der Waals surface area contributed by atoms with Crippen LogP contribution in [0.3, 0.4) is 0 Å². The summed E-state index contributed by atoms with van der Waals surface area (Å²) in [6.07, 6.45) is 3.09. The molecule has 0 atom stereocenters. The van der Waals surface area contributed by atoms with E-state index in [0.29, 0.717) is 0 Å². The molecular weight excluding hydrogens is 155 g/mol. The van der Waals surface area contributed by atoms with Crippen LogP contribution < -0.4 is 0 Å². The van der Waals surface area contributed by atoms with Crippen LogP contribution in [-0.2, 0) is 0 Å². The van der Waals surface area contributed by atoms with Gasteiger partial charge in [-0.05, 0) is 18.1 Å². The van der Waals surface area contributed by atoms with Gasteiger partial charge in [-0.25, -0.2) is 0 Å². The summed E-state index contributed by atoms with van der Waals surface area (Å²) in [4.78, 5) is 0. The molecule has 0 spiro atoms. The molecule has 0 fully saturated rings. The molecule has 0 heterocycles. The van der Waals surface area contributed by atoms with E-state index in [1.807, 2.05) is 0 Å². The fourth-order valence-electron chi connectivity index (χ4n) is 1.72. The normalized spacial score (nSPS) is 12.0. The molecule has 0 saturated carbocycles. The van der Waals surface area contributed by atoms with Crippen molar-refractivity contribution in [3.63, 3.8) is 0 Å². The SMILES string of the molecule is CCC[Si](F)(CCC)CCC. The Bertz CT molecular complexity index is 76.5. The minimum absolute atomic E-state index is 0.884. The Hall–Kier alpha value is 0.147. The van der Waals surface area contributed by atoms with Gasteiger partial charge in [-0.1, -0.05) is 40.0 Å². The molecule has 0 bridgehead atoms. The van der Waals surface area contributed by atoms with Crippen molar-refractivity contribution in [2.75, 3.05) is 0 Å². The fraction of sp³-hybridized carbons (Fsp3) is 1.00. The van der Waals surface area contributed by atoms with Crippen molar-refractivity contribution in [2.45, 2.75) is 58.2 Å². The molecule has 0 aliphatic carbocycles. The van der Waals surface area contributed by atoms with E-state index in [9.17, 15) is 4.11 Å². The lowest BCUT2D eigenvalue weighted by Gasteiger charge is -2.20. The van der Waals surface area contributed by atoms with Gasteiger partial charge in [0.15, 0.2) is 0 Å². The van der Waals surface area contributed by atoms with Crippen molar-refractivity contribution in [3.8, 4) is 0 Å². The molecule has 0 radical (unpaired) electrons. The summed E-state index contributed by atoms with van der Waals surface area (Å²) in [7, 11) is -2.25. The van der Waals surface area contributed by atoms with Crippen LogP contribution in [0.25, 0.3) is 0 Å². The van der Waals surface area contributed by atoms with Crippen LogP contribution >= 0.6 is 0 Å². The average Bonchev–Trinajstić information content (AvgIpc) is 1.88. The van der Waals surface area contributed by atoms with E-state index >= 15 is 0 Å². The highest BCUT2D eigenvalue weighted by Gasteiger charge is 2.30. The maximum absolute atomic E-state index is 13.9. The monoisotopic (exact) mass is 176 g/mol. The van der Waals surface area contributed by atoms with Gasteiger partial charge in [0.05, 0.1) is 0 Å². The number of rotatable bonds is 6.